The van der Waals surface area contributed by atoms with Gasteiger partial charge in [-0.3, -0.25) is 0 Å². The second kappa shape index (κ2) is 2.99. The molecule has 15 heavy (non-hydrogen) atoms. The first-order valence-corrected chi connectivity index (χ1v) is 6.19. The van der Waals surface area contributed by atoms with Crippen LogP contribution >= 0.6 is 0 Å². The fraction of sp³-hybridized carbons (Fsp3) is 0.733. The van der Waals surface area contributed by atoms with Crippen LogP contribution < -0.4 is 0 Å². The van der Waals surface area contributed by atoms with Crippen molar-refractivity contribution >= 4 is 0 Å². The molecule has 3 aliphatic rings. The number of hydrogen-bond acceptors (Lipinski definition) is 0. The van der Waals surface area contributed by atoms with Crippen LogP contribution in [0.3, 0.4) is 0 Å². The van der Waals surface area contributed by atoms with E-state index in [1.54, 1.807) is 0 Å². The van der Waals surface area contributed by atoms with Crippen molar-refractivity contribution in [2.24, 2.45) is 28.6 Å². The lowest BCUT2D eigenvalue weighted by molar-refractivity contribution is -0.0938. The molecule has 2 bridgehead atoms. The Morgan fingerprint density at radius 1 is 1.40 bits per heavy atom. The van der Waals surface area contributed by atoms with Gasteiger partial charge in [0.05, 0.1) is 0 Å². The Balaban J connectivity index is 2.47. The maximum Gasteiger partial charge on any atom is -0.00839 e. The van der Waals surface area contributed by atoms with E-state index < -0.39 is 0 Å². The number of hydrogen-bond donors (Lipinski definition) is 0. The van der Waals surface area contributed by atoms with Crippen LogP contribution in [0.4, 0.5) is 0 Å². The minimum Gasteiger partial charge on any atom is -0.0988 e. The summed E-state index contributed by atoms with van der Waals surface area (Å²) in [4.78, 5) is 0. The third-order valence-electron chi connectivity index (χ3n) is 5.38. The second-order valence-electron chi connectivity index (χ2n) is 6.53. The van der Waals surface area contributed by atoms with E-state index in [1.807, 2.05) is 0 Å². The van der Waals surface area contributed by atoms with E-state index in [0.29, 0.717) is 10.8 Å². The van der Waals surface area contributed by atoms with Gasteiger partial charge in [-0.1, -0.05) is 53.3 Å². The second-order valence-corrected chi connectivity index (χ2v) is 6.53. The Labute approximate surface area is 94.5 Å². The summed E-state index contributed by atoms with van der Waals surface area (Å²) in [5.41, 5.74) is 2.36. The lowest BCUT2D eigenvalue weighted by atomic mass is 9.40. The Hall–Kier alpha value is -0.520. The zero-order valence-electron chi connectivity index (χ0n) is 10.8. The van der Waals surface area contributed by atoms with Crippen LogP contribution in [-0.2, 0) is 0 Å². The predicted molar refractivity (Wildman–Crippen MR) is 66.6 cm³/mol. The van der Waals surface area contributed by atoms with E-state index in [4.69, 9.17) is 0 Å². The molecule has 1 saturated carbocycles. The quantitative estimate of drug-likeness (QED) is 0.624. The van der Waals surface area contributed by atoms with Gasteiger partial charge in [0.15, 0.2) is 0 Å². The van der Waals surface area contributed by atoms with Crippen LogP contribution in [0.15, 0.2) is 24.3 Å². The Kier molecular flexibility index (Phi) is 2.19. The summed E-state index contributed by atoms with van der Waals surface area (Å²) in [6, 6.07) is 0. The fourth-order valence-corrected chi connectivity index (χ4v) is 3.88. The van der Waals surface area contributed by atoms with Crippen LogP contribution in [0, 0.1) is 28.6 Å². The van der Waals surface area contributed by atoms with Crippen LogP contribution in [-0.4, -0.2) is 0 Å². The summed E-state index contributed by atoms with van der Waals surface area (Å²) < 4.78 is 0. The van der Waals surface area contributed by atoms with Gasteiger partial charge in [-0.2, -0.15) is 0 Å². The molecule has 0 heterocycles. The van der Waals surface area contributed by atoms with Crippen molar-refractivity contribution in [1.82, 2.24) is 0 Å². The van der Waals surface area contributed by atoms with Crippen LogP contribution in [0.25, 0.3) is 0 Å². The van der Waals surface area contributed by atoms with Gasteiger partial charge in [0.25, 0.3) is 0 Å². The molecule has 3 aliphatic carbocycles. The molecule has 0 heteroatoms. The predicted octanol–water partition coefficient (Wildman–Crippen LogP) is 4.44. The molecule has 3 rings (SSSR count). The van der Waals surface area contributed by atoms with E-state index in [0.717, 1.165) is 17.8 Å². The molecule has 0 radical (unpaired) electrons. The third-order valence-corrected chi connectivity index (χ3v) is 5.38. The largest absolute Gasteiger partial charge is 0.0988 e. The molecule has 0 aromatic rings. The smallest absolute Gasteiger partial charge is 0.00839 e. The molecule has 0 unspecified atom stereocenters. The van der Waals surface area contributed by atoms with Crippen LogP contribution in [0.5, 0.6) is 0 Å². The molecule has 0 amide bonds. The summed E-state index contributed by atoms with van der Waals surface area (Å²) in [5.74, 6) is 2.35. The Bertz CT molecular complexity index is 319. The van der Waals surface area contributed by atoms with Crippen molar-refractivity contribution in [3.05, 3.63) is 24.3 Å². The highest BCUT2D eigenvalue weighted by Gasteiger charge is 2.59. The minimum atomic E-state index is 0.377. The normalized spacial score (nSPS) is 42.1. The van der Waals surface area contributed by atoms with Crippen molar-refractivity contribution in [2.45, 2.75) is 41.0 Å². The molecule has 0 aromatic heterocycles. The van der Waals surface area contributed by atoms with Gasteiger partial charge in [0, 0.05) is 0 Å². The van der Waals surface area contributed by atoms with Crippen molar-refractivity contribution < 1.29 is 0 Å². The van der Waals surface area contributed by atoms with E-state index in [-0.39, 0.29) is 0 Å². The van der Waals surface area contributed by atoms with Gasteiger partial charge in [0.1, 0.15) is 0 Å². The lowest BCUT2D eigenvalue weighted by Crippen LogP contribution is -2.57. The van der Waals surface area contributed by atoms with Gasteiger partial charge >= 0.3 is 0 Å². The number of fused-ring (bicyclic) bond motifs is 1. The van der Waals surface area contributed by atoms with Crippen molar-refractivity contribution in [1.29, 1.82) is 0 Å². The third kappa shape index (κ3) is 1.20. The van der Waals surface area contributed by atoms with E-state index in [2.05, 4.69) is 53.3 Å². The van der Waals surface area contributed by atoms with Gasteiger partial charge in [-0.05, 0) is 40.6 Å². The van der Waals surface area contributed by atoms with E-state index in [9.17, 15) is 0 Å². The van der Waals surface area contributed by atoms with Crippen LogP contribution in [0.2, 0.25) is 0 Å². The van der Waals surface area contributed by atoms with Gasteiger partial charge in [-0.15, -0.1) is 0 Å². The topological polar surface area (TPSA) is 0 Å². The molecule has 0 N–H and O–H groups in total. The molecule has 3 atom stereocenters. The standard InChI is InChI=1S/C15H24/c1-7-11-9-15(6,10(2)3)13-8-12(11)14(13,4)5/h7,9-10,12-13H,1,8H2,2-6H3/t12-,13+,15+/m1/s1. The van der Waals surface area contributed by atoms with Crippen molar-refractivity contribution in [2.75, 3.05) is 0 Å². The average Bonchev–Trinajstić information content (AvgIpc) is 2.15. The van der Waals surface area contributed by atoms with Gasteiger partial charge < -0.3 is 0 Å². The zero-order chi connectivity index (χ0) is 11.4. The number of rotatable bonds is 2. The Morgan fingerprint density at radius 2 is 2.00 bits per heavy atom. The maximum absolute atomic E-state index is 3.98. The first kappa shape index (κ1) is 11.0. The summed E-state index contributed by atoms with van der Waals surface area (Å²) in [6.07, 6.45) is 5.97. The molecule has 0 aliphatic heterocycles. The van der Waals surface area contributed by atoms with Crippen molar-refractivity contribution in [3.63, 3.8) is 0 Å². The molecule has 84 valence electrons. The SMILES string of the molecule is C=CC1=C[C@@](C)(C(C)C)[C@H]2C[C@H]1C2(C)C. The fourth-order valence-electron chi connectivity index (χ4n) is 3.88. The molecule has 0 aromatic carbocycles. The van der Waals surface area contributed by atoms with E-state index in [1.165, 1.54) is 12.0 Å². The Morgan fingerprint density at radius 3 is 2.40 bits per heavy atom. The molecule has 1 fully saturated rings. The highest BCUT2D eigenvalue weighted by atomic mass is 14.6. The minimum absolute atomic E-state index is 0.377. The monoisotopic (exact) mass is 204 g/mol. The average molecular weight is 204 g/mol. The lowest BCUT2D eigenvalue weighted by Gasteiger charge is -2.64. The van der Waals surface area contributed by atoms with Gasteiger partial charge in [-0.25, -0.2) is 0 Å². The first-order chi connectivity index (χ1) is 6.84. The number of allylic oxidation sites excluding steroid dienone is 3. The van der Waals surface area contributed by atoms with E-state index >= 15 is 0 Å². The maximum atomic E-state index is 3.98. The summed E-state index contributed by atoms with van der Waals surface area (Å²) in [6.45, 7) is 16.0. The van der Waals surface area contributed by atoms with Crippen LogP contribution in [0.1, 0.15) is 41.0 Å². The molecule has 0 spiro atoms. The van der Waals surface area contributed by atoms with Crippen molar-refractivity contribution in [3.8, 4) is 0 Å². The highest BCUT2D eigenvalue weighted by Crippen LogP contribution is 2.67. The molecule has 0 saturated heterocycles. The molecular formula is C15H24. The highest BCUT2D eigenvalue weighted by molar-refractivity contribution is 5.35. The summed E-state index contributed by atoms with van der Waals surface area (Å²) in [7, 11) is 0. The molecular weight excluding hydrogens is 180 g/mol. The molecule has 0 nitrogen and oxygen atoms in total. The first-order valence-electron chi connectivity index (χ1n) is 6.19. The summed E-state index contributed by atoms with van der Waals surface area (Å²) in [5, 5.41) is 0. The zero-order valence-corrected chi connectivity index (χ0v) is 10.8. The van der Waals surface area contributed by atoms with Gasteiger partial charge in [0.2, 0.25) is 0 Å². The summed E-state index contributed by atoms with van der Waals surface area (Å²) >= 11 is 0.